The normalized spacial score (nSPS) is 12.5. The second-order valence-corrected chi connectivity index (χ2v) is 2.66. The molecule has 1 unspecified atom stereocenters. The molecular weight excluding hydrogens is 168 g/mol. The van der Waals surface area contributed by atoms with Gasteiger partial charge in [-0.05, 0) is 19.2 Å². The van der Waals surface area contributed by atoms with E-state index in [1.165, 1.54) is 0 Å². The standard InChI is InChI=1S/C9H14N2O2/c1-10-6-7(12)9-8(13-2)4-3-5-11-9/h3-5,7,10,12H,6H2,1-2H3. The summed E-state index contributed by atoms with van der Waals surface area (Å²) in [4.78, 5) is 4.05. The molecule has 0 aliphatic rings. The van der Waals surface area contributed by atoms with Crippen LogP contribution in [0.5, 0.6) is 5.75 Å². The Kier molecular flexibility index (Phi) is 3.67. The molecule has 1 heterocycles. The van der Waals surface area contributed by atoms with Crippen molar-refractivity contribution >= 4 is 0 Å². The Morgan fingerprint density at radius 3 is 3.08 bits per heavy atom. The summed E-state index contributed by atoms with van der Waals surface area (Å²) in [6.45, 7) is 0.466. The minimum Gasteiger partial charge on any atom is -0.495 e. The van der Waals surface area contributed by atoms with Gasteiger partial charge in [0, 0.05) is 12.7 Å². The van der Waals surface area contributed by atoms with Crippen molar-refractivity contribution in [2.75, 3.05) is 20.7 Å². The number of nitrogens with zero attached hydrogens (tertiary/aromatic N) is 1. The molecule has 4 nitrogen and oxygen atoms in total. The maximum atomic E-state index is 9.63. The molecule has 0 amide bonds. The molecule has 0 aliphatic carbocycles. The van der Waals surface area contributed by atoms with Crippen LogP contribution in [0.25, 0.3) is 0 Å². The lowest BCUT2D eigenvalue weighted by atomic mass is 10.2. The molecule has 0 saturated heterocycles. The molecule has 0 fully saturated rings. The van der Waals surface area contributed by atoms with Crippen LogP contribution in [0, 0.1) is 0 Å². The van der Waals surface area contributed by atoms with E-state index < -0.39 is 6.10 Å². The van der Waals surface area contributed by atoms with E-state index in [1.807, 2.05) is 0 Å². The molecule has 0 radical (unpaired) electrons. The Labute approximate surface area is 77.6 Å². The molecule has 0 aliphatic heterocycles. The first-order valence-electron chi connectivity index (χ1n) is 4.11. The zero-order valence-electron chi connectivity index (χ0n) is 7.82. The Morgan fingerprint density at radius 1 is 1.69 bits per heavy atom. The van der Waals surface area contributed by atoms with Crippen molar-refractivity contribution in [2.45, 2.75) is 6.10 Å². The lowest BCUT2D eigenvalue weighted by Crippen LogP contribution is -2.18. The molecular formula is C9H14N2O2. The van der Waals surface area contributed by atoms with Gasteiger partial charge in [-0.2, -0.15) is 0 Å². The van der Waals surface area contributed by atoms with Crippen molar-refractivity contribution in [2.24, 2.45) is 0 Å². The smallest absolute Gasteiger partial charge is 0.143 e. The monoisotopic (exact) mass is 182 g/mol. The van der Waals surface area contributed by atoms with Gasteiger partial charge in [0.2, 0.25) is 0 Å². The summed E-state index contributed by atoms with van der Waals surface area (Å²) in [5.74, 6) is 0.616. The number of likely N-dealkylation sites (N-methyl/N-ethyl adjacent to an activating group) is 1. The number of hydrogen-bond donors (Lipinski definition) is 2. The number of pyridine rings is 1. The molecule has 0 spiro atoms. The Balaban J connectivity index is 2.85. The van der Waals surface area contributed by atoms with Crippen LogP contribution >= 0.6 is 0 Å². The summed E-state index contributed by atoms with van der Waals surface area (Å²) >= 11 is 0. The topological polar surface area (TPSA) is 54.4 Å². The van der Waals surface area contributed by atoms with Gasteiger partial charge in [-0.25, -0.2) is 0 Å². The van der Waals surface area contributed by atoms with Gasteiger partial charge >= 0.3 is 0 Å². The molecule has 4 heteroatoms. The number of aromatic nitrogens is 1. The van der Waals surface area contributed by atoms with Crippen molar-refractivity contribution in [3.8, 4) is 5.75 Å². The third-order valence-corrected chi connectivity index (χ3v) is 1.73. The minimum atomic E-state index is -0.624. The molecule has 1 atom stereocenters. The predicted molar refractivity (Wildman–Crippen MR) is 49.7 cm³/mol. The third-order valence-electron chi connectivity index (χ3n) is 1.73. The molecule has 0 saturated carbocycles. The van der Waals surface area contributed by atoms with Crippen LogP contribution in [0.4, 0.5) is 0 Å². The van der Waals surface area contributed by atoms with E-state index in [-0.39, 0.29) is 0 Å². The van der Waals surface area contributed by atoms with Gasteiger partial charge < -0.3 is 15.2 Å². The van der Waals surface area contributed by atoms with Crippen molar-refractivity contribution in [3.63, 3.8) is 0 Å². The number of methoxy groups -OCH3 is 1. The fraction of sp³-hybridized carbons (Fsp3) is 0.444. The fourth-order valence-corrected chi connectivity index (χ4v) is 1.12. The number of hydrogen-bond acceptors (Lipinski definition) is 4. The maximum Gasteiger partial charge on any atom is 0.143 e. The highest BCUT2D eigenvalue weighted by Crippen LogP contribution is 2.21. The third kappa shape index (κ3) is 2.40. The van der Waals surface area contributed by atoms with E-state index in [9.17, 15) is 5.11 Å². The SMILES string of the molecule is CNCC(O)c1ncccc1OC. The summed E-state index contributed by atoms with van der Waals surface area (Å²) in [7, 11) is 3.34. The maximum absolute atomic E-state index is 9.63. The lowest BCUT2D eigenvalue weighted by molar-refractivity contribution is 0.168. The van der Waals surface area contributed by atoms with Crippen molar-refractivity contribution in [1.29, 1.82) is 0 Å². The fourth-order valence-electron chi connectivity index (χ4n) is 1.12. The van der Waals surface area contributed by atoms with Crippen LogP contribution in [0.3, 0.4) is 0 Å². The summed E-state index contributed by atoms with van der Waals surface area (Å²) < 4.78 is 5.06. The first-order valence-corrected chi connectivity index (χ1v) is 4.11. The van der Waals surface area contributed by atoms with Crippen LogP contribution in [0.2, 0.25) is 0 Å². The number of rotatable bonds is 4. The van der Waals surface area contributed by atoms with Gasteiger partial charge in [0.15, 0.2) is 0 Å². The van der Waals surface area contributed by atoms with E-state index in [2.05, 4.69) is 10.3 Å². The highest BCUT2D eigenvalue weighted by Gasteiger charge is 2.12. The molecule has 1 aromatic rings. The Hall–Kier alpha value is -1.13. The van der Waals surface area contributed by atoms with Crippen LogP contribution in [0.1, 0.15) is 11.8 Å². The van der Waals surface area contributed by atoms with Gasteiger partial charge in [0.05, 0.1) is 7.11 Å². The molecule has 72 valence electrons. The van der Waals surface area contributed by atoms with Gasteiger partial charge in [0.1, 0.15) is 17.5 Å². The van der Waals surface area contributed by atoms with E-state index in [1.54, 1.807) is 32.5 Å². The van der Waals surface area contributed by atoms with Gasteiger partial charge in [-0.15, -0.1) is 0 Å². The van der Waals surface area contributed by atoms with E-state index in [4.69, 9.17) is 4.74 Å². The van der Waals surface area contributed by atoms with E-state index in [0.717, 1.165) is 0 Å². The molecule has 0 aromatic carbocycles. The zero-order valence-corrected chi connectivity index (χ0v) is 7.82. The molecule has 0 bridgehead atoms. The Bertz CT molecular complexity index is 266. The van der Waals surface area contributed by atoms with E-state index in [0.29, 0.717) is 18.0 Å². The van der Waals surface area contributed by atoms with Gasteiger partial charge in [0.25, 0.3) is 0 Å². The zero-order chi connectivity index (χ0) is 9.68. The number of ether oxygens (including phenoxy) is 1. The molecule has 1 rings (SSSR count). The van der Waals surface area contributed by atoms with Crippen LogP contribution < -0.4 is 10.1 Å². The predicted octanol–water partition coefficient (Wildman–Crippen LogP) is 0.343. The first kappa shape index (κ1) is 9.95. The van der Waals surface area contributed by atoms with Crippen LogP contribution in [-0.2, 0) is 0 Å². The second kappa shape index (κ2) is 4.79. The summed E-state index contributed by atoms with van der Waals surface area (Å²) in [6, 6.07) is 3.55. The van der Waals surface area contributed by atoms with Gasteiger partial charge in [-0.1, -0.05) is 0 Å². The number of aliphatic hydroxyl groups excluding tert-OH is 1. The summed E-state index contributed by atoms with van der Waals surface area (Å²) in [5, 5.41) is 12.5. The lowest BCUT2D eigenvalue weighted by Gasteiger charge is -2.12. The first-order chi connectivity index (χ1) is 6.29. The number of aliphatic hydroxyl groups is 1. The van der Waals surface area contributed by atoms with Crippen molar-refractivity contribution in [1.82, 2.24) is 10.3 Å². The quantitative estimate of drug-likeness (QED) is 0.705. The van der Waals surface area contributed by atoms with Gasteiger partial charge in [-0.3, -0.25) is 4.98 Å². The molecule has 13 heavy (non-hydrogen) atoms. The highest BCUT2D eigenvalue weighted by atomic mass is 16.5. The summed E-state index contributed by atoms with van der Waals surface area (Å²) in [6.07, 6.45) is 1.01. The Morgan fingerprint density at radius 2 is 2.46 bits per heavy atom. The minimum absolute atomic E-state index is 0.466. The number of nitrogens with one attached hydrogen (secondary N) is 1. The highest BCUT2D eigenvalue weighted by molar-refractivity contribution is 5.28. The van der Waals surface area contributed by atoms with Crippen molar-refractivity contribution < 1.29 is 9.84 Å². The molecule has 1 aromatic heterocycles. The second-order valence-electron chi connectivity index (χ2n) is 2.66. The van der Waals surface area contributed by atoms with E-state index >= 15 is 0 Å². The molecule has 2 N–H and O–H groups in total. The average molecular weight is 182 g/mol. The van der Waals surface area contributed by atoms with Crippen LogP contribution in [-0.4, -0.2) is 30.8 Å². The summed E-state index contributed by atoms with van der Waals surface area (Å²) in [5.41, 5.74) is 0.569. The van der Waals surface area contributed by atoms with Crippen LogP contribution in [0.15, 0.2) is 18.3 Å². The largest absolute Gasteiger partial charge is 0.495 e. The van der Waals surface area contributed by atoms with Crippen molar-refractivity contribution in [3.05, 3.63) is 24.0 Å². The average Bonchev–Trinajstić information content (AvgIpc) is 2.18.